The molecule has 0 aliphatic heterocycles. The molecule has 0 saturated carbocycles. The molecule has 1 N–H and O–H groups in total. The van der Waals surface area contributed by atoms with Crippen LogP contribution in [0.25, 0.3) is 11.4 Å². The molecule has 4 nitrogen and oxygen atoms in total. The normalized spacial score (nSPS) is 11.1. The Morgan fingerprint density at radius 3 is 2.62 bits per heavy atom. The molecule has 2 rings (SSSR count). The largest absolute Gasteiger partial charge is 0.493 e. The number of rotatable bonds is 2. The number of aliphatic imine (C=N–C) groups is 1. The molecule has 2 aromatic rings. The van der Waals surface area contributed by atoms with Crippen LogP contribution in [0.3, 0.4) is 0 Å². The average molecular weight is 215 g/mol. The molecule has 0 atom stereocenters. The molecule has 0 fully saturated rings. The standard InChI is InChI=1S/C12H13N3O/c1-13-8-10-12(16)15(2)11(14-10)9-6-4-3-5-7-9/h3-8,16H,1-2H3. The summed E-state index contributed by atoms with van der Waals surface area (Å²) < 4.78 is 1.65. The number of benzene rings is 1. The van der Waals surface area contributed by atoms with Gasteiger partial charge >= 0.3 is 0 Å². The number of imidazole rings is 1. The summed E-state index contributed by atoms with van der Waals surface area (Å²) in [6, 6.07) is 9.73. The van der Waals surface area contributed by atoms with Crippen molar-refractivity contribution in [1.82, 2.24) is 9.55 Å². The van der Waals surface area contributed by atoms with E-state index in [-0.39, 0.29) is 5.88 Å². The Morgan fingerprint density at radius 1 is 1.31 bits per heavy atom. The zero-order valence-corrected chi connectivity index (χ0v) is 9.25. The van der Waals surface area contributed by atoms with Crippen LogP contribution in [0.5, 0.6) is 5.88 Å². The molecule has 4 heteroatoms. The maximum atomic E-state index is 9.82. The first-order valence-electron chi connectivity index (χ1n) is 4.97. The van der Waals surface area contributed by atoms with Gasteiger partial charge in [-0.2, -0.15) is 0 Å². The van der Waals surface area contributed by atoms with Gasteiger partial charge in [-0.25, -0.2) is 4.98 Å². The maximum absolute atomic E-state index is 9.82. The molecule has 0 aliphatic rings. The van der Waals surface area contributed by atoms with Gasteiger partial charge in [-0.15, -0.1) is 0 Å². The summed E-state index contributed by atoms with van der Waals surface area (Å²) in [5.41, 5.74) is 1.46. The topological polar surface area (TPSA) is 50.4 Å². The minimum atomic E-state index is 0.129. The van der Waals surface area contributed by atoms with Crippen LogP contribution in [0.2, 0.25) is 0 Å². The van der Waals surface area contributed by atoms with E-state index >= 15 is 0 Å². The van der Waals surface area contributed by atoms with Gasteiger partial charge in [-0.05, 0) is 0 Å². The summed E-state index contributed by atoms with van der Waals surface area (Å²) in [6.45, 7) is 0. The summed E-state index contributed by atoms with van der Waals surface area (Å²) in [5.74, 6) is 0.859. The number of hydrogen-bond acceptors (Lipinski definition) is 3. The molecular formula is C12H13N3O. The zero-order valence-electron chi connectivity index (χ0n) is 9.25. The molecular weight excluding hydrogens is 202 g/mol. The van der Waals surface area contributed by atoms with Crippen LogP contribution in [-0.4, -0.2) is 27.9 Å². The van der Waals surface area contributed by atoms with Crippen molar-refractivity contribution in [3.63, 3.8) is 0 Å². The Kier molecular flexibility index (Phi) is 2.72. The Morgan fingerprint density at radius 2 is 2.00 bits per heavy atom. The van der Waals surface area contributed by atoms with Crippen LogP contribution < -0.4 is 0 Å². The molecule has 82 valence electrons. The Hall–Kier alpha value is -2.10. The van der Waals surface area contributed by atoms with Gasteiger partial charge in [0.2, 0.25) is 5.88 Å². The SMILES string of the molecule is CN=Cc1nc(-c2ccccc2)n(C)c1O. The molecule has 1 heterocycles. The number of nitrogens with zero attached hydrogens (tertiary/aromatic N) is 3. The highest BCUT2D eigenvalue weighted by molar-refractivity contribution is 5.81. The summed E-state index contributed by atoms with van der Waals surface area (Å²) in [6.07, 6.45) is 1.54. The van der Waals surface area contributed by atoms with Crippen LogP contribution in [0.1, 0.15) is 5.69 Å². The second-order valence-electron chi connectivity index (χ2n) is 3.46. The van der Waals surface area contributed by atoms with Crippen LogP contribution in [-0.2, 0) is 7.05 Å². The fraction of sp³-hybridized carbons (Fsp3) is 0.167. The molecule has 0 amide bonds. The predicted octanol–water partition coefficient (Wildman–Crippen LogP) is 1.84. The molecule has 0 unspecified atom stereocenters. The summed E-state index contributed by atoms with van der Waals surface area (Å²) in [5, 5.41) is 9.82. The molecule has 1 aromatic carbocycles. The fourth-order valence-electron chi connectivity index (χ4n) is 1.57. The second kappa shape index (κ2) is 4.18. The minimum Gasteiger partial charge on any atom is -0.493 e. The van der Waals surface area contributed by atoms with Crippen LogP contribution in [0, 0.1) is 0 Å². The van der Waals surface area contributed by atoms with Crippen molar-refractivity contribution >= 4 is 6.21 Å². The number of aromatic hydroxyl groups is 1. The first-order valence-corrected chi connectivity index (χ1v) is 4.97. The van der Waals surface area contributed by atoms with Gasteiger partial charge in [0.25, 0.3) is 0 Å². The van der Waals surface area contributed by atoms with E-state index < -0.39 is 0 Å². The monoisotopic (exact) mass is 215 g/mol. The molecule has 0 radical (unpaired) electrons. The van der Waals surface area contributed by atoms with Crippen molar-refractivity contribution in [3.8, 4) is 17.3 Å². The predicted molar refractivity (Wildman–Crippen MR) is 63.8 cm³/mol. The Bertz CT molecular complexity index is 515. The van der Waals surface area contributed by atoms with Crippen LogP contribution in [0.4, 0.5) is 0 Å². The lowest BCUT2D eigenvalue weighted by atomic mass is 10.2. The van der Waals surface area contributed by atoms with Gasteiger partial charge < -0.3 is 5.11 Å². The fourth-order valence-corrected chi connectivity index (χ4v) is 1.57. The van der Waals surface area contributed by atoms with Gasteiger partial charge in [0.15, 0.2) is 0 Å². The Labute approximate surface area is 93.9 Å². The number of hydrogen-bond donors (Lipinski definition) is 1. The van der Waals surface area contributed by atoms with Gasteiger partial charge in [-0.3, -0.25) is 9.56 Å². The zero-order chi connectivity index (χ0) is 11.5. The molecule has 0 spiro atoms. The minimum absolute atomic E-state index is 0.129. The van der Waals surface area contributed by atoms with E-state index in [1.807, 2.05) is 30.3 Å². The van der Waals surface area contributed by atoms with Gasteiger partial charge in [0.1, 0.15) is 11.5 Å². The van der Waals surface area contributed by atoms with E-state index in [0.717, 1.165) is 11.4 Å². The second-order valence-corrected chi connectivity index (χ2v) is 3.46. The van der Waals surface area contributed by atoms with Crippen molar-refractivity contribution in [1.29, 1.82) is 0 Å². The molecule has 0 aliphatic carbocycles. The smallest absolute Gasteiger partial charge is 0.220 e. The van der Waals surface area contributed by atoms with Crippen molar-refractivity contribution in [2.24, 2.45) is 12.0 Å². The van der Waals surface area contributed by atoms with Gasteiger partial charge in [-0.1, -0.05) is 30.3 Å². The van der Waals surface area contributed by atoms with E-state index in [4.69, 9.17) is 0 Å². The van der Waals surface area contributed by atoms with Crippen molar-refractivity contribution in [3.05, 3.63) is 36.0 Å². The quantitative estimate of drug-likeness (QED) is 0.777. The lowest BCUT2D eigenvalue weighted by molar-refractivity contribution is 0.432. The molecule has 0 bridgehead atoms. The highest BCUT2D eigenvalue weighted by Crippen LogP contribution is 2.24. The highest BCUT2D eigenvalue weighted by atomic mass is 16.3. The van der Waals surface area contributed by atoms with Crippen molar-refractivity contribution < 1.29 is 5.11 Å². The summed E-state index contributed by atoms with van der Waals surface area (Å²) >= 11 is 0. The van der Waals surface area contributed by atoms with Crippen molar-refractivity contribution in [2.45, 2.75) is 0 Å². The maximum Gasteiger partial charge on any atom is 0.220 e. The van der Waals surface area contributed by atoms with E-state index in [1.54, 1.807) is 24.9 Å². The lowest BCUT2D eigenvalue weighted by Crippen LogP contribution is -1.91. The van der Waals surface area contributed by atoms with Crippen LogP contribution in [0.15, 0.2) is 35.3 Å². The summed E-state index contributed by atoms with van der Waals surface area (Å²) in [4.78, 5) is 8.19. The van der Waals surface area contributed by atoms with E-state index in [1.165, 1.54) is 0 Å². The third-order valence-electron chi connectivity index (χ3n) is 2.37. The third-order valence-corrected chi connectivity index (χ3v) is 2.37. The molecule has 0 saturated heterocycles. The average Bonchev–Trinajstić information content (AvgIpc) is 2.59. The number of aromatic nitrogens is 2. The van der Waals surface area contributed by atoms with Crippen molar-refractivity contribution in [2.75, 3.05) is 7.05 Å². The lowest BCUT2D eigenvalue weighted by Gasteiger charge is -2.00. The highest BCUT2D eigenvalue weighted by Gasteiger charge is 2.12. The van der Waals surface area contributed by atoms with E-state index in [9.17, 15) is 5.11 Å². The molecule has 16 heavy (non-hydrogen) atoms. The summed E-state index contributed by atoms with van der Waals surface area (Å²) in [7, 11) is 3.42. The molecule has 1 aromatic heterocycles. The first kappa shape index (κ1) is 10.4. The third kappa shape index (κ3) is 1.69. The van der Waals surface area contributed by atoms with Gasteiger partial charge in [0, 0.05) is 19.7 Å². The first-order chi connectivity index (χ1) is 7.74. The van der Waals surface area contributed by atoms with E-state index in [2.05, 4.69) is 9.98 Å². The Balaban J connectivity index is 2.55. The van der Waals surface area contributed by atoms with Gasteiger partial charge in [0.05, 0.1) is 6.21 Å². The van der Waals surface area contributed by atoms with E-state index in [0.29, 0.717) is 5.69 Å². The van der Waals surface area contributed by atoms with Crippen LogP contribution >= 0.6 is 0 Å².